The molecular weight excluding hydrogens is 440 g/mol. The molecule has 1 saturated heterocycles. The minimum atomic E-state index is -0.801. The van der Waals surface area contributed by atoms with E-state index < -0.39 is 17.4 Å². The second-order valence-corrected chi connectivity index (χ2v) is 7.81. The second-order valence-electron chi connectivity index (χ2n) is 7.81. The van der Waals surface area contributed by atoms with E-state index in [2.05, 4.69) is 21.9 Å². The first-order valence-corrected chi connectivity index (χ1v) is 10.8. The summed E-state index contributed by atoms with van der Waals surface area (Å²) in [6.07, 6.45) is 5.96. The van der Waals surface area contributed by atoms with Crippen molar-refractivity contribution < 1.29 is 18.3 Å². The number of nitrogens with one attached hydrogen (secondary N) is 2. The van der Waals surface area contributed by atoms with Gasteiger partial charge in [0.05, 0.1) is 11.3 Å². The molecule has 0 bridgehead atoms. The van der Waals surface area contributed by atoms with Gasteiger partial charge in [-0.15, -0.1) is 0 Å². The number of rotatable bonds is 7. The van der Waals surface area contributed by atoms with Crippen LogP contribution in [0.3, 0.4) is 0 Å². The van der Waals surface area contributed by atoms with Crippen LogP contribution in [0.4, 0.5) is 14.6 Å². The summed E-state index contributed by atoms with van der Waals surface area (Å²) >= 11 is 0. The topological polar surface area (TPSA) is 91.2 Å². The smallest absolute Gasteiger partial charge is 0.246 e. The summed E-state index contributed by atoms with van der Waals surface area (Å²) in [4.78, 5) is 22.1. The Kier molecular flexibility index (Phi) is 6.91. The summed E-state index contributed by atoms with van der Waals surface area (Å²) in [5.41, 5.74) is 1.20. The number of likely N-dealkylation sites (tertiary alicyclic amines) is 1. The van der Waals surface area contributed by atoms with Crippen LogP contribution in [0.5, 0.6) is 11.5 Å². The van der Waals surface area contributed by atoms with Gasteiger partial charge in [-0.25, -0.2) is 18.7 Å². The summed E-state index contributed by atoms with van der Waals surface area (Å²) in [5.74, 6) is -1.47. The zero-order chi connectivity index (χ0) is 24.1. The lowest BCUT2D eigenvalue weighted by Crippen LogP contribution is -2.44. The molecule has 1 aromatic heterocycles. The van der Waals surface area contributed by atoms with E-state index in [-0.39, 0.29) is 23.4 Å². The predicted molar refractivity (Wildman–Crippen MR) is 124 cm³/mol. The van der Waals surface area contributed by atoms with Crippen molar-refractivity contribution in [2.45, 2.75) is 18.9 Å². The van der Waals surface area contributed by atoms with Gasteiger partial charge in [0, 0.05) is 30.9 Å². The zero-order valence-corrected chi connectivity index (χ0v) is 18.3. The van der Waals surface area contributed by atoms with E-state index in [1.807, 2.05) is 0 Å². The molecule has 3 aromatic rings. The lowest BCUT2D eigenvalue weighted by Gasteiger charge is -2.33. The van der Waals surface area contributed by atoms with Crippen LogP contribution in [0, 0.1) is 17.0 Å². The molecule has 1 fully saturated rings. The zero-order valence-electron chi connectivity index (χ0n) is 18.3. The van der Waals surface area contributed by atoms with Gasteiger partial charge in [-0.2, -0.15) is 0 Å². The fraction of sp³-hybridized carbons (Fsp3) is 0.200. The standard InChI is InChI=1S/C25H23F2N5O2/c1-2-22(33)32-12-4-5-17(14-32)31-25-19(13-29-15-30-25)23(28)16-8-10-18(11-9-16)34-24-20(26)6-3-7-21(24)27/h2-3,6-11,13,15,17,28H,1,4-5,12,14H2,(H,29,30,31). The maximum atomic E-state index is 13.8. The van der Waals surface area contributed by atoms with Crippen molar-refractivity contribution in [3.8, 4) is 11.5 Å². The van der Waals surface area contributed by atoms with Crippen molar-refractivity contribution >= 4 is 17.4 Å². The van der Waals surface area contributed by atoms with Crippen molar-refractivity contribution in [1.82, 2.24) is 14.9 Å². The van der Waals surface area contributed by atoms with Gasteiger partial charge in [0.2, 0.25) is 5.91 Å². The predicted octanol–water partition coefficient (Wildman–Crippen LogP) is 4.55. The van der Waals surface area contributed by atoms with Crippen LogP contribution in [0.15, 0.2) is 67.6 Å². The average molecular weight is 463 g/mol. The summed E-state index contributed by atoms with van der Waals surface area (Å²) < 4.78 is 33.0. The number of halogens is 2. The monoisotopic (exact) mass is 463 g/mol. The maximum Gasteiger partial charge on any atom is 0.246 e. The highest BCUT2D eigenvalue weighted by molar-refractivity contribution is 6.13. The molecule has 2 heterocycles. The number of para-hydroxylation sites is 1. The third-order valence-electron chi connectivity index (χ3n) is 5.51. The van der Waals surface area contributed by atoms with Gasteiger partial charge in [0.15, 0.2) is 17.4 Å². The van der Waals surface area contributed by atoms with Gasteiger partial charge >= 0.3 is 0 Å². The molecule has 1 unspecified atom stereocenters. The normalized spacial score (nSPS) is 15.5. The van der Waals surface area contributed by atoms with E-state index in [1.54, 1.807) is 23.2 Å². The van der Waals surface area contributed by atoms with Crippen LogP contribution in [-0.4, -0.2) is 45.6 Å². The first-order valence-electron chi connectivity index (χ1n) is 10.8. The number of piperidine rings is 1. The quantitative estimate of drug-likeness (QED) is 0.396. The molecule has 4 rings (SSSR count). The number of ether oxygens (including phenoxy) is 1. The van der Waals surface area contributed by atoms with Crippen molar-refractivity contribution in [3.05, 3.63) is 90.4 Å². The molecular formula is C25H23F2N5O2. The molecule has 7 nitrogen and oxygen atoms in total. The molecule has 174 valence electrons. The summed E-state index contributed by atoms with van der Waals surface area (Å²) in [5, 5.41) is 12.0. The molecule has 0 radical (unpaired) electrons. The molecule has 2 aromatic carbocycles. The molecule has 1 amide bonds. The first-order chi connectivity index (χ1) is 16.5. The number of hydrogen-bond donors (Lipinski definition) is 2. The Morgan fingerprint density at radius 1 is 1.21 bits per heavy atom. The molecule has 9 heteroatoms. The van der Waals surface area contributed by atoms with Crippen LogP contribution in [0.25, 0.3) is 0 Å². The van der Waals surface area contributed by atoms with Crippen LogP contribution >= 0.6 is 0 Å². The SMILES string of the molecule is C=CC(=O)N1CCCC(Nc2ncncc2C(=N)c2ccc(Oc3c(F)cccc3F)cc2)C1. The number of anilines is 1. The highest BCUT2D eigenvalue weighted by atomic mass is 19.1. The van der Waals surface area contributed by atoms with E-state index in [9.17, 15) is 13.6 Å². The highest BCUT2D eigenvalue weighted by Crippen LogP contribution is 2.28. The van der Waals surface area contributed by atoms with Crippen molar-refractivity contribution in [2.75, 3.05) is 18.4 Å². The third-order valence-corrected chi connectivity index (χ3v) is 5.51. The molecule has 0 spiro atoms. The number of carbonyl (C=O) groups is 1. The Morgan fingerprint density at radius 3 is 2.65 bits per heavy atom. The Morgan fingerprint density at radius 2 is 1.94 bits per heavy atom. The van der Waals surface area contributed by atoms with Crippen LogP contribution in [-0.2, 0) is 4.79 Å². The van der Waals surface area contributed by atoms with Gasteiger partial charge in [0.1, 0.15) is 17.9 Å². The van der Waals surface area contributed by atoms with E-state index >= 15 is 0 Å². The maximum absolute atomic E-state index is 13.8. The van der Waals surface area contributed by atoms with E-state index in [1.165, 1.54) is 30.6 Å². The van der Waals surface area contributed by atoms with Gasteiger partial charge in [-0.3, -0.25) is 10.2 Å². The van der Waals surface area contributed by atoms with Crippen molar-refractivity contribution in [1.29, 1.82) is 5.41 Å². The number of carbonyl (C=O) groups excluding carboxylic acids is 1. The van der Waals surface area contributed by atoms with Gasteiger partial charge in [-0.1, -0.05) is 12.6 Å². The number of nitrogens with zero attached hydrogens (tertiary/aromatic N) is 3. The highest BCUT2D eigenvalue weighted by Gasteiger charge is 2.24. The molecule has 1 atom stereocenters. The van der Waals surface area contributed by atoms with Crippen molar-refractivity contribution in [2.24, 2.45) is 0 Å². The minimum absolute atomic E-state index is 0.0226. The third kappa shape index (κ3) is 5.09. The van der Waals surface area contributed by atoms with Crippen LogP contribution in [0.2, 0.25) is 0 Å². The lowest BCUT2D eigenvalue weighted by atomic mass is 10.0. The minimum Gasteiger partial charge on any atom is -0.451 e. The van der Waals surface area contributed by atoms with Gasteiger partial charge in [0.25, 0.3) is 0 Å². The fourth-order valence-corrected chi connectivity index (χ4v) is 3.79. The molecule has 1 aliphatic heterocycles. The van der Waals surface area contributed by atoms with Gasteiger partial charge < -0.3 is 15.0 Å². The molecule has 2 N–H and O–H groups in total. The number of hydrogen-bond acceptors (Lipinski definition) is 6. The second kappa shape index (κ2) is 10.2. The summed E-state index contributed by atoms with van der Waals surface area (Å²) in [6.45, 7) is 4.74. The van der Waals surface area contributed by atoms with E-state index in [4.69, 9.17) is 10.1 Å². The van der Waals surface area contributed by atoms with Crippen LogP contribution < -0.4 is 10.1 Å². The summed E-state index contributed by atoms with van der Waals surface area (Å²) in [6, 6.07) is 9.79. The number of aromatic nitrogens is 2. The van der Waals surface area contributed by atoms with Crippen LogP contribution in [0.1, 0.15) is 24.0 Å². The Balaban J connectivity index is 1.49. The Labute approximate surface area is 195 Å². The molecule has 34 heavy (non-hydrogen) atoms. The van der Waals surface area contributed by atoms with Crippen molar-refractivity contribution in [3.63, 3.8) is 0 Å². The largest absolute Gasteiger partial charge is 0.451 e. The lowest BCUT2D eigenvalue weighted by molar-refractivity contribution is -0.127. The average Bonchev–Trinajstić information content (AvgIpc) is 2.86. The molecule has 1 aliphatic rings. The Bertz CT molecular complexity index is 1200. The molecule has 0 saturated carbocycles. The first kappa shape index (κ1) is 23.0. The molecule has 0 aliphatic carbocycles. The van der Waals surface area contributed by atoms with Gasteiger partial charge in [-0.05, 0) is 55.3 Å². The Hall–Kier alpha value is -4.14. The summed E-state index contributed by atoms with van der Waals surface area (Å²) in [7, 11) is 0. The number of amides is 1. The fourth-order valence-electron chi connectivity index (χ4n) is 3.79. The van der Waals surface area contributed by atoms with E-state index in [0.717, 1.165) is 25.0 Å². The number of benzene rings is 2. The van der Waals surface area contributed by atoms with E-state index in [0.29, 0.717) is 30.0 Å².